The van der Waals surface area contributed by atoms with Crippen molar-refractivity contribution in [2.24, 2.45) is 0 Å². The number of para-hydroxylation sites is 1. The molecule has 1 nitrogen and oxygen atoms in total. The second-order valence-electron chi connectivity index (χ2n) is 10.5. The van der Waals surface area contributed by atoms with Crippen molar-refractivity contribution in [1.29, 1.82) is 0 Å². The Morgan fingerprint density at radius 2 is 1.00 bits per heavy atom. The van der Waals surface area contributed by atoms with Crippen LogP contribution < -0.4 is 0 Å². The summed E-state index contributed by atoms with van der Waals surface area (Å²) in [5.41, 5.74) is 6.79. The van der Waals surface area contributed by atoms with Crippen molar-refractivity contribution in [1.82, 2.24) is 0 Å². The second-order valence-corrected chi connectivity index (χ2v) is 11.4. The third-order valence-corrected chi connectivity index (χ3v) is 9.21. The van der Waals surface area contributed by atoms with Crippen molar-refractivity contribution < 1.29 is 4.42 Å². The Hall–Kier alpha value is -4.92. The lowest BCUT2D eigenvalue weighted by Gasteiger charge is -2.18. The summed E-state index contributed by atoms with van der Waals surface area (Å²) in [6, 6.07) is 46.3. The molecule has 0 bridgehead atoms. The van der Waals surface area contributed by atoms with Gasteiger partial charge in [-0.3, -0.25) is 0 Å². The number of hydrogen-bond donors (Lipinski definition) is 0. The molecular weight excluding hydrogens is 504 g/mol. The van der Waals surface area contributed by atoms with E-state index in [1.54, 1.807) is 11.3 Å². The maximum absolute atomic E-state index is 6.69. The summed E-state index contributed by atoms with van der Waals surface area (Å²) < 4.78 is 7.95. The lowest BCUT2D eigenvalue weighted by atomic mass is 9.84. The van der Waals surface area contributed by atoms with Gasteiger partial charge >= 0.3 is 0 Å². The highest BCUT2D eigenvalue weighted by atomic mass is 32.1. The maximum atomic E-state index is 6.69. The number of thiophene rings is 1. The molecule has 0 aliphatic carbocycles. The molecule has 0 aliphatic heterocycles. The fourth-order valence-electron chi connectivity index (χ4n) is 6.60. The average molecular weight is 527 g/mol. The van der Waals surface area contributed by atoms with Gasteiger partial charge in [0.1, 0.15) is 11.2 Å². The highest BCUT2D eigenvalue weighted by Gasteiger charge is 2.21. The summed E-state index contributed by atoms with van der Waals surface area (Å²) in [6.07, 6.45) is 0. The van der Waals surface area contributed by atoms with Gasteiger partial charge in [0.2, 0.25) is 0 Å². The first-order chi connectivity index (χ1) is 19.8. The molecule has 2 heteroatoms. The Kier molecular flexibility index (Phi) is 4.55. The Morgan fingerprint density at radius 1 is 0.425 bits per heavy atom. The average Bonchev–Trinajstić information content (AvgIpc) is 3.62. The van der Waals surface area contributed by atoms with E-state index in [-0.39, 0.29) is 0 Å². The van der Waals surface area contributed by atoms with Crippen LogP contribution in [-0.4, -0.2) is 0 Å². The third kappa shape index (κ3) is 3.03. The first-order valence-electron chi connectivity index (χ1n) is 13.6. The lowest BCUT2D eigenvalue weighted by Crippen LogP contribution is -1.91. The van der Waals surface area contributed by atoms with Crippen LogP contribution in [0, 0.1) is 0 Å². The summed E-state index contributed by atoms with van der Waals surface area (Å²) in [7, 11) is 0. The minimum Gasteiger partial charge on any atom is -0.455 e. The van der Waals surface area contributed by atoms with E-state index in [0.717, 1.165) is 22.1 Å². The highest BCUT2D eigenvalue weighted by Crippen LogP contribution is 2.47. The van der Waals surface area contributed by atoms with E-state index >= 15 is 0 Å². The van der Waals surface area contributed by atoms with E-state index in [1.165, 1.54) is 64.5 Å². The van der Waals surface area contributed by atoms with Crippen LogP contribution in [0.1, 0.15) is 0 Å². The van der Waals surface area contributed by atoms with Crippen LogP contribution in [0.2, 0.25) is 0 Å². The molecule has 0 amide bonds. The molecule has 2 aromatic heterocycles. The van der Waals surface area contributed by atoms with Gasteiger partial charge in [-0.05, 0) is 72.4 Å². The monoisotopic (exact) mass is 526 g/mol. The van der Waals surface area contributed by atoms with Gasteiger partial charge < -0.3 is 4.42 Å². The minimum atomic E-state index is 0.943. The van der Waals surface area contributed by atoms with Crippen molar-refractivity contribution in [3.05, 3.63) is 133 Å². The van der Waals surface area contributed by atoms with Gasteiger partial charge in [-0.2, -0.15) is 0 Å². The predicted molar refractivity (Wildman–Crippen MR) is 172 cm³/mol. The fraction of sp³-hybridized carbons (Fsp3) is 0. The molecule has 2 heterocycles. The molecule has 0 atom stereocenters. The number of rotatable bonds is 2. The molecule has 0 N–H and O–H groups in total. The predicted octanol–water partition coefficient (Wildman–Crippen LogP) is 11.6. The van der Waals surface area contributed by atoms with Gasteiger partial charge in [0, 0.05) is 26.6 Å². The van der Waals surface area contributed by atoms with Crippen molar-refractivity contribution >= 4 is 75.7 Å². The third-order valence-electron chi connectivity index (χ3n) is 8.33. The highest BCUT2D eigenvalue weighted by molar-refractivity contribution is 7.17. The molecule has 40 heavy (non-hydrogen) atoms. The van der Waals surface area contributed by atoms with Gasteiger partial charge in [0.25, 0.3) is 0 Å². The summed E-state index contributed by atoms with van der Waals surface area (Å²) in [6.45, 7) is 0. The van der Waals surface area contributed by atoms with Crippen LogP contribution >= 0.6 is 11.3 Å². The Balaban J connectivity index is 1.44. The summed E-state index contributed by atoms with van der Waals surface area (Å²) in [5.74, 6) is 0. The van der Waals surface area contributed by atoms with Crippen LogP contribution in [0.4, 0.5) is 0 Å². The molecule has 9 aromatic rings. The molecule has 9 rings (SSSR count). The fourth-order valence-corrected chi connectivity index (χ4v) is 7.40. The standard InChI is InChI=1S/C38H22OS/c1-2-11-25-23(9-1)10-7-16-26(25)36-27-12-3-5-14-29(27)37(30-15-6-4-13-28(30)36)32-18-8-17-31-33-21-24-19-20-40-35(24)22-34(33)39-38(31)32/h1-22H. The van der Waals surface area contributed by atoms with Gasteiger partial charge in [0.05, 0.1) is 0 Å². The largest absolute Gasteiger partial charge is 0.455 e. The molecule has 0 spiro atoms. The van der Waals surface area contributed by atoms with E-state index in [9.17, 15) is 0 Å². The number of fused-ring (bicyclic) bond motifs is 7. The first-order valence-corrected chi connectivity index (χ1v) is 14.5. The molecule has 0 saturated carbocycles. The zero-order chi connectivity index (χ0) is 26.2. The van der Waals surface area contributed by atoms with Crippen LogP contribution in [-0.2, 0) is 0 Å². The van der Waals surface area contributed by atoms with Crippen molar-refractivity contribution in [2.75, 3.05) is 0 Å². The number of benzene rings is 7. The van der Waals surface area contributed by atoms with E-state index in [1.807, 2.05) is 0 Å². The topological polar surface area (TPSA) is 13.1 Å². The maximum Gasteiger partial charge on any atom is 0.143 e. The van der Waals surface area contributed by atoms with E-state index in [0.29, 0.717) is 0 Å². The van der Waals surface area contributed by atoms with Crippen LogP contribution in [0.15, 0.2) is 137 Å². The smallest absolute Gasteiger partial charge is 0.143 e. The molecule has 0 fully saturated rings. The van der Waals surface area contributed by atoms with E-state index in [2.05, 4.69) is 133 Å². The van der Waals surface area contributed by atoms with Gasteiger partial charge in [-0.1, -0.05) is 109 Å². The zero-order valence-electron chi connectivity index (χ0n) is 21.5. The Bertz CT molecular complexity index is 2380. The summed E-state index contributed by atoms with van der Waals surface area (Å²) in [5, 5.41) is 13.2. The molecule has 0 aliphatic rings. The van der Waals surface area contributed by atoms with Crippen molar-refractivity contribution in [2.45, 2.75) is 0 Å². The summed E-state index contributed by atoms with van der Waals surface area (Å²) >= 11 is 1.76. The molecule has 0 saturated heterocycles. The van der Waals surface area contributed by atoms with Crippen LogP contribution in [0.3, 0.4) is 0 Å². The SMILES string of the molecule is c1ccc2c(-c3c4ccccc4c(-c4cccc5c4oc4cc6sccc6cc45)c4ccccc34)cccc2c1. The normalized spacial score (nSPS) is 12.0. The molecule has 0 radical (unpaired) electrons. The van der Waals surface area contributed by atoms with Crippen LogP contribution in [0.25, 0.3) is 86.6 Å². The van der Waals surface area contributed by atoms with Crippen molar-refractivity contribution in [3.63, 3.8) is 0 Å². The second kappa shape index (κ2) is 8.29. The van der Waals surface area contributed by atoms with Gasteiger partial charge in [-0.25, -0.2) is 0 Å². The quantitative estimate of drug-likeness (QED) is 0.204. The molecular formula is C38H22OS. The zero-order valence-corrected chi connectivity index (χ0v) is 22.3. The summed E-state index contributed by atoms with van der Waals surface area (Å²) in [4.78, 5) is 0. The van der Waals surface area contributed by atoms with Gasteiger partial charge in [0.15, 0.2) is 0 Å². The van der Waals surface area contributed by atoms with E-state index in [4.69, 9.17) is 4.42 Å². The first kappa shape index (κ1) is 22.0. The van der Waals surface area contributed by atoms with Gasteiger partial charge in [-0.15, -0.1) is 11.3 Å². The Morgan fingerprint density at radius 3 is 1.75 bits per heavy atom. The Labute approximate surface area is 234 Å². The number of hydrogen-bond acceptors (Lipinski definition) is 2. The number of furan rings is 1. The molecule has 186 valence electrons. The van der Waals surface area contributed by atoms with E-state index < -0.39 is 0 Å². The minimum absolute atomic E-state index is 0.943. The molecule has 7 aromatic carbocycles. The lowest BCUT2D eigenvalue weighted by molar-refractivity contribution is 0.670. The van der Waals surface area contributed by atoms with Crippen LogP contribution in [0.5, 0.6) is 0 Å². The molecule has 0 unspecified atom stereocenters. The van der Waals surface area contributed by atoms with Crippen molar-refractivity contribution in [3.8, 4) is 22.3 Å².